The topological polar surface area (TPSA) is 96.3 Å². The van der Waals surface area contributed by atoms with Gasteiger partial charge in [0.15, 0.2) is 11.6 Å². The molecule has 7 nitrogen and oxygen atoms in total. The lowest BCUT2D eigenvalue weighted by Gasteiger charge is -2.11. The Morgan fingerprint density at radius 1 is 1.34 bits per heavy atom. The molecule has 3 aromatic rings. The van der Waals surface area contributed by atoms with E-state index in [9.17, 15) is 22.0 Å². The van der Waals surface area contributed by atoms with Crippen LogP contribution in [0.3, 0.4) is 0 Å². The van der Waals surface area contributed by atoms with Crippen molar-refractivity contribution in [2.24, 2.45) is 0 Å². The molecule has 2 N–H and O–H groups in total. The summed E-state index contributed by atoms with van der Waals surface area (Å²) in [5, 5.41) is 0.493. The third-order valence-corrected chi connectivity index (χ3v) is 5.64. The largest absolute Gasteiger partial charge is 0.357 e. The summed E-state index contributed by atoms with van der Waals surface area (Å²) in [7, 11) is -3.81. The molecule has 0 saturated heterocycles. The van der Waals surface area contributed by atoms with Crippen LogP contribution in [0.4, 0.5) is 20.2 Å². The number of nitrogens with zero attached hydrogens (tertiary/aromatic N) is 2. The highest BCUT2D eigenvalue weighted by Crippen LogP contribution is 2.27. The molecule has 0 unspecified atom stereocenters. The summed E-state index contributed by atoms with van der Waals surface area (Å²) in [5.74, 6) is -3.48. The van der Waals surface area contributed by atoms with E-state index in [1.54, 1.807) is 13.0 Å². The molecule has 0 aliphatic carbocycles. The number of carbonyl (C=O) groups is 1. The summed E-state index contributed by atoms with van der Waals surface area (Å²) in [6, 6.07) is 3.32. The van der Waals surface area contributed by atoms with Gasteiger partial charge < -0.3 is 4.98 Å². The quantitative estimate of drug-likeness (QED) is 0.448. The number of fused-ring (bicyclic) bond motifs is 1. The lowest BCUT2D eigenvalue weighted by molar-refractivity contribution is 0.0985. The fourth-order valence-corrected chi connectivity index (χ4v) is 4.00. The molecule has 10 heteroatoms. The van der Waals surface area contributed by atoms with Gasteiger partial charge >= 0.3 is 0 Å². The second-order valence-corrected chi connectivity index (χ2v) is 8.17. The van der Waals surface area contributed by atoms with E-state index in [0.717, 1.165) is 12.1 Å². The monoisotopic (exact) mass is 418 g/mol. The van der Waals surface area contributed by atoms with Crippen molar-refractivity contribution in [3.05, 3.63) is 64.8 Å². The highest BCUT2D eigenvalue weighted by Gasteiger charge is 2.23. The predicted octanol–water partition coefficient (Wildman–Crippen LogP) is 3.97. The van der Waals surface area contributed by atoms with E-state index in [2.05, 4.69) is 14.8 Å². The average Bonchev–Trinajstić information content (AvgIpc) is 3.06. The minimum absolute atomic E-state index is 0.237. The molecule has 3 rings (SSSR count). The predicted molar refractivity (Wildman–Crippen MR) is 104 cm³/mol. The Morgan fingerprint density at radius 3 is 2.79 bits per heavy atom. The van der Waals surface area contributed by atoms with E-state index < -0.39 is 38.7 Å². The number of aromatic nitrogens is 2. The van der Waals surface area contributed by atoms with Crippen molar-refractivity contribution in [2.45, 2.75) is 19.8 Å². The number of H-pyrrole nitrogens is 1. The minimum atomic E-state index is -3.81. The smallest absolute Gasteiger partial charge is 0.232 e. The van der Waals surface area contributed by atoms with Crippen LogP contribution in [0, 0.1) is 18.2 Å². The van der Waals surface area contributed by atoms with Crippen LogP contribution in [0.5, 0.6) is 0 Å². The number of nitrogens with one attached hydrogen (secondary N) is 2. The first kappa shape index (κ1) is 20.4. The van der Waals surface area contributed by atoms with Gasteiger partial charge in [-0.2, -0.15) is 0 Å². The minimum Gasteiger partial charge on any atom is -0.357 e. The third-order valence-electron chi connectivity index (χ3n) is 4.16. The molecular formula is C19H16F2N4O3S. The standard InChI is InChI=1S/C19H16F2N4O3S/c1-3-6-29(27,28)25-14-5-4-13(20)17(18(14)21)16(26)8-11-7-12-15(22-2)10-24-19(12)23-9-11/h4-5,7,9-10,25H,3,6,8H2,1H3,(H,23,24). The second-order valence-electron chi connectivity index (χ2n) is 6.33. The van der Waals surface area contributed by atoms with Gasteiger partial charge in [-0.15, -0.1) is 0 Å². The summed E-state index contributed by atoms with van der Waals surface area (Å²) in [5.41, 5.74) is -0.190. The number of carbonyl (C=O) groups excluding carboxylic acids is 1. The fraction of sp³-hybridized carbons (Fsp3) is 0.211. The van der Waals surface area contributed by atoms with Crippen molar-refractivity contribution in [3.63, 3.8) is 0 Å². The lowest BCUT2D eigenvalue weighted by Crippen LogP contribution is -2.19. The van der Waals surface area contributed by atoms with E-state index in [-0.39, 0.29) is 12.2 Å². The van der Waals surface area contributed by atoms with Crippen molar-refractivity contribution in [1.29, 1.82) is 0 Å². The fourth-order valence-electron chi connectivity index (χ4n) is 2.87. The van der Waals surface area contributed by atoms with Crippen LogP contribution in [0.25, 0.3) is 15.9 Å². The number of benzene rings is 1. The van der Waals surface area contributed by atoms with Crippen LogP contribution in [0.1, 0.15) is 29.3 Å². The Kier molecular flexibility index (Phi) is 5.61. The van der Waals surface area contributed by atoms with Gasteiger partial charge in [-0.05, 0) is 24.1 Å². The van der Waals surface area contributed by atoms with E-state index >= 15 is 0 Å². The first-order chi connectivity index (χ1) is 13.8. The first-order valence-electron chi connectivity index (χ1n) is 8.61. The SMILES string of the molecule is [C-]#[N+]c1c[nH]c2ncc(CC(=O)c3c(F)ccc(NS(=O)(=O)CCC)c3F)cc12. The molecular weight excluding hydrogens is 402 g/mol. The number of halogens is 2. The van der Waals surface area contributed by atoms with Gasteiger partial charge in [-0.1, -0.05) is 13.0 Å². The maximum absolute atomic E-state index is 14.7. The number of ketones is 1. The second kappa shape index (κ2) is 7.97. The zero-order valence-electron chi connectivity index (χ0n) is 15.3. The van der Waals surface area contributed by atoms with E-state index in [1.165, 1.54) is 12.4 Å². The van der Waals surface area contributed by atoms with Crippen LogP contribution in [0.2, 0.25) is 0 Å². The maximum Gasteiger partial charge on any atom is 0.232 e. The molecule has 0 spiro atoms. The van der Waals surface area contributed by atoms with Crippen molar-refractivity contribution in [1.82, 2.24) is 9.97 Å². The number of rotatable bonds is 7. The Balaban J connectivity index is 1.93. The summed E-state index contributed by atoms with van der Waals surface area (Å²) >= 11 is 0. The van der Waals surface area contributed by atoms with Gasteiger partial charge in [0.2, 0.25) is 15.7 Å². The van der Waals surface area contributed by atoms with Crippen molar-refractivity contribution < 1.29 is 22.0 Å². The molecule has 0 amide bonds. The van der Waals surface area contributed by atoms with Crippen molar-refractivity contribution in [2.75, 3.05) is 10.5 Å². The summed E-state index contributed by atoms with van der Waals surface area (Å²) in [6.45, 7) is 8.77. The van der Waals surface area contributed by atoms with Crippen molar-refractivity contribution >= 4 is 38.2 Å². The van der Waals surface area contributed by atoms with E-state index in [4.69, 9.17) is 6.57 Å². The maximum atomic E-state index is 14.7. The molecule has 2 heterocycles. The molecule has 0 atom stereocenters. The van der Waals surface area contributed by atoms with Gasteiger partial charge in [-0.25, -0.2) is 27.0 Å². The number of Topliss-reactive ketones (excluding diaryl/α,β-unsaturated/α-hetero) is 1. The van der Waals surface area contributed by atoms with E-state index in [1.807, 2.05) is 4.72 Å². The Bertz CT molecular complexity index is 1250. The molecule has 0 aliphatic rings. The Labute approximate surface area is 165 Å². The molecule has 1 aromatic carbocycles. The Morgan fingerprint density at radius 2 is 2.10 bits per heavy atom. The molecule has 29 heavy (non-hydrogen) atoms. The lowest BCUT2D eigenvalue weighted by atomic mass is 10.0. The van der Waals surface area contributed by atoms with Gasteiger partial charge in [0, 0.05) is 24.2 Å². The van der Waals surface area contributed by atoms with Gasteiger partial charge in [0.05, 0.1) is 23.6 Å². The highest BCUT2D eigenvalue weighted by atomic mass is 32.2. The molecule has 0 fully saturated rings. The number of anilines is 1. The zero-order chi connectivity index (χ0) is 21.2. The molecule has 0 bridgehead atoms. The first-order valence-corrected chi connectivity index (χ1v) is 10.3. The molecule has 150 valence electrons. The van der Waals surface area contributed by atoms with Gasteiger partial charge in [0.25, 0.3) is 0 Å². The number of pyridine rings is 1. The molecule has 2 aromatic heterocycles. The van der Waals surface area contributed by atoms with Crippen LogP contribution in [0.15, 0.2) is 30.6 Å². The van der Waals surface area contributed by atoms with E-state index in [0.29, 0.717) is 28.7 Å². The summed E-state index contributed by atoms with van der Waals surface area (Å²) in [4.78, 5) is 22.8. The van der Waals surface area contributed by atoms with Crippen LogP contribution >= 0.6 is 0 Å². The number of sulfonamides is 1. The zero-order valence-corrected chi connectivity index (χ0v) is 16.1. The number of aromatic amines is 1. The number of hydrogen-bond donors (Lipinski definition) is 2. The summed E-state index contributed by atoms with van der Waals surface area (Å²) in [6.07, 6.45) is 2.78. The summed E-state index contributed by atoms with van der Waals surface area (Å²) < 4.78 is 54.7. The highest BCUT2D eigenvalue weighted by molar-refractivity contribution is 7.92. The molecule has 0 saturated carbocycles. The average molecular weight is 418 g/mol. The van der Waals surface area contributed by atoms with Crippen LogP contribution < -0.4 is 4.72 Å². The normalized spacial score (nSPS) is 11.4. The van der Waals surface area contributed by atoms with Crippen LogP contribution in [-0.4, -0.2) is 29.9 Å². The third kappa shape index (κ3) is 4.25. The molecule has 0 radical (unpaired) electrons. The van der Waals surface area contributed by atoms with Crippen molar-refractivity contribution in [3.8, 4) is 0 Å². The Hall–Kier alpha value is -3.32. The van der Waals surface area contributed by atoms with Gasteiger partial charge in [-0.3, -0.25) is 9.52 Å². The van der Waals surface area contributed by atoms with Crippen LogP contribution in [-0.2, 0) is 16.4 Å². The van der Waals surface area contributed by atoms with Gasteiger partial charge in [0.1, 0.15) is 11.5 Å². The number of hydrogen-bond acceptors (Lipinski definition) is 4. The molecule has 0 aliphatic heterocycles.